The number of carbonyl (C=O) groups is 2. The van der Waals surface area contributed by atoms with Gasteiger partial charge in [0.25, 0.3) is 0 Å². The highest BCUT2D eigenvalue weighted by Crippen LogP contribution is 2.65. The van der Waals surface area contributed by atoms with Gasteiger partial charge in [0.2, 0.25) is 11.8 Å². The standard InChI is InChI=1S/C27H38N4O2/c1-18(32)30-14-10-19(11-15-30)25-28-21-7-5-6-8-22(21)31(25)16-12-24(33)29-23-17-20-9-13-27(23,4)26(20,2)3/h5-8,19-20,23H,9-17H2,1-4H3,(H,29,33)/t20?,23-,27+/m0/s1. The lowest BCUT2D eigenvalue weighted by Gasteiger charge is -2.39. The molecule has 2 aromatic rings. The first-order valence-corrected chi connectivity index (χ1v) is 12.7. The number of hydrogen-bond acceptors (Lipinski definition) is 3. The van der Waals surface area contributed by atoms with Crippen LogP contribution in [0.15, 0.2) is 24.3 Å². The molecule has 1 unspecified atom stereocenters. The average molecular weight is 451 g/mol. The summed E-state index contributed by atoms with van der Waals surface area (Å²) in [5.41, 5.74) is 2.59. The van der Waals surface area contributed by atoms with Crippen molar-refractivity contribution in [3.63, 3.8) is 0 Å². The van der Waals surface area contributed by atoms with Crippen molar-refractivity contribution >= 4 is 22.8 Å². The molecule has 1 aliphatic heterocycles. The fourth-order valence-electron chi connectivity index (χ4n) is 7.00. The number of para-hydroxylation sites is 2. The highest BCUT2D eigenvalue weighted by molar-refractivity contribution is 5.78. The third-order valence-electron chi connectivity index (χ3n) is 9.68. The van der Waals surface area contributed by atoms with Crippen LogP contribution in [0.2, 0.25) is 0 Å². The minimum atomic E-state index is 0.149. The van der Waals surface area contributed by atoms with E-state index in [4.69, 9.17) is 4.98 Å². The van der Waals surface area contributed by atoms with Crippen molar-refractivity contribution in [2.75, 3.05) is 13.1 Å². The van der Waals surface area contributed by atoms with Gasteiger partial charge in [0.15, 0.2) is 0 Å². The zero-order chi connectivity index (χ0) is 23.4. The molecule has 178 valence electrons. The molecule has 2 heterocycles. The second-order valence-electron chi connectivity index (χ2n) is 11.4. The molecule has 1 N–H and O–H groups in total. The van der Waals surface area contributed by atoms with Crippen LogP contribution < -0.4 is 5.32 Å². The number of aromatic nitrogens is 2. The van der Waals surface area contributed by atoms with Crippen LogP contribution in [0.4, 0.5) is 0 Å². The zero-order valence-electron chi connectivity index (χ0n) is 20.6. The Morgan fingerprint density at radius 3 is 2.48 bits per heavy atom. The predicted molar refractivity (Wildman–Crippen MR) is 130 cm³/mol. The van der Waals surface area contributed by atoms with E-state index in [2.05, 4.69) is 42.8 Å². The summed E-state index contributed by atoms with van der Waals surface area (Å²) in [6.45, 7) is 11.0. The predicted octanol–water partition coefficient (Wildman–Crippen LogP) is 4.48. The van der Waals surface area contributed by atoms with E-state index in [0.717, 1.165) is 55.1 Å². The van der Waals surface area contributed by atoms with E-state index in [1.54, 1.807) is 6.92 Å². The zero-order valence-corrected chi connectivity index (χ0v) is 20.6. The molecule has 2 saturated carbocycles. The van der Waals surface area contributed by atoms with Crippen LogP contribution >= 0.6 is 0 Å². The lowest BCUT2D eigenvalue weighted by molar-refractivity contribution is -0.130. The number of benzene rings is 1. The Morgan fingerprint density at radius 1 is 1.12 bits per heavy atom. The Morgan fingerprint density at radius 2 is 1.85 bits per heavy atom. The number of aryl methyl sites for hydroxylation is 1. The fourth-order valence-corrected chi connectivity index (χ4v) is 7.00. The van der Waals surface area contributed by atoms with Crippen molar-refractivity contribution < 1.29 is 9.59 Å². The molecule has 2 amide bonds. The summed E-state index contributed by atoms with van der Waals surface area (Å²) in [5, 5.41) is 3.42. The molecule has 6 heteroatoms. The molecule has 1 aromatic carbocycles. The lowest BCUT2D eigenvalue weighted by Crippen LogP contribution is -2.47. The van der Waals surface area contributed by atoms with Crippen LogP contribution in [-0.2, 0) is 16.1 Å². The molecule has 3 aliphatic rings. The topological polar surface area (TPSA) is 67.2 Å². The Labute approximate surface area is 197 Å². The number of carbonyl (C=O) groups excluding carboxylic acids is 2. The highest BCUT2D eigenvalue weighted by Gasteiger charge is 2.61. The molecule has 3 atom stereocenters. The number of likely N-dealkylation sites (tertiary alicyclic amines) is 1. The summed E-state index contributed by atoms with van der Waals surface area (Å²) in [5.74, 6) is 2.41. The third-order valence-corrected chi connectivity index (χ3v) is 9.68. The molecule has 1 saturated heterocycles. The number of piperidine rings is 1. The lowest BCUT2D eigenvalue weighted by atomic mass is 9.69. The number of nitrogens with zero attached hydrogens (tertiary/aromatic N) is 3. The van der Waals surface area contributed by atoms with Gasteiger partial charge in [-0.3, -0.25) is 9.59 Å². The number of hydrogen-bond donors (Lipinski definition) is 1. The monoisotopic (exact) mass is 450 g/mol. The number of imidazole rings is 1. The van der Waals surface area contributed by atoms with Gasteiger partial charge < -0.3 is 14.8 Å². The first kappa shape index (κ1) is 22.4. The normalized spacial score (nSPS) is 29.0. The van der Waals surface area contributed by atoms with Gasteiger partial charge in [-0.15, -0.1) is 0 Å². The molecule has 3 fully saturated rings. The van der Waals surface area contributed by atoms with E-state index in [1.165, 1.54) is 12.8 Å². The summed E-state index contributed by atoms with van der Waals surface area (Å²) in [4.78, 5) is 31.7. The number of fused-ring (bicyclic) bond motifs is 3. The van der Waals surface area contributed by atoms with Crippen molar-refractivity contribution in [3.8, 4) is 0 Å². The van der Waals surface area contributed by atoms with Crippen LogP contribution in [0.25, 0.3) is 11.0 Å². The van der Waals surface area contributed by atoms with Crippen LogP contribution in [0.3, 0.4) is 0 Å². The molecular formula is C27H38N4O2. The van der Waals surface area contributed by atoms with Crippen molar-refractivity contribution in [2.45, 2.75) is 84.7 Å². The second kappa shape index (κ2) is 8.14. The van der Waals surface area contributed by atoms with E-state index in [-0.39, 0.29) is 23.3 Å². The van der Waals surface area contributed by atoms with Crippen LogP contribution in [0.1, 0.15) is 78.0 Å². The number of nitrogens with one attached hydrogen (secondary N) is 1. The number of amides is 2. The molecule has 0 spiro atoms. The van der Waals surface area contributed by atoms with E-state index in [9.17, 15) is 9.59 Å². The molecule has 6 nitrogen and oxygen atoms in total. The van der Waals surface area contributed by atoms with Gasteiger partial charge in [-0.2, -0.15) is 0 Å². The first-order chi connectivity index (χ1) is 15.7. The van der Waals surface area contributed by atoms with Crippen LogP contribution in [0, 0.1) is 16.7 Å². The maximum absolute atomic E-state index is 13.1. The van der Waals surface area contributed by atoms with E-state index >= 15 is 0 Å². The first-order valence-electron chi connectivity index (χ1n) is 12.7. The van der Waals surface area contributed by atoms with Crippen LogP contribution in [-0.4, -0.2) is 45.4 Å². The molecule has 0 radical (unpaired) electrons. The van der Waals surface area contributed by atoms with Gasteiger partial charge in [0, 0.05) is 44.9 Å². The molecule has 2 bridgehead atoms. The van der Waals surface area contributed by atoms with Gasteiger partial charge in [-0.05, 0) is 61.0 Å². The van der Waals surface area contributed by atoms with Crippen molar-refractivity contribution in [1.29, 1.82) is 0 Å². The number of rotatable bonds is 5. The summed E-state index contributed by atoms with van der Waals surface area (Å²) >= 11 is 0. The fraction of sp³-hybridized carbons (Fsp3) is 0.667. The molecular weight excluding hydrogens is 412 g/mol. The quantitative estimate of drug-likeness (QED) is 0.730. The Kier molecular flexibility index (Phi) is 5.53. The highest BCUT2D eigenvalue weighted by atomic mass is 16.2. The Bertz CT molecular complexity index is 1070. The van der Waals surface area contributed by atoms with Gasteiger partial charge >= 0.3 is 0 Å². The van der Waals surface area contributed by atoms with Gasteiger partial charge in [0.05, 0.1) is 11.0 Å². The minimum Gasteiger partial charge on any atom is -0.353 e. The maximum Gasteiger partial charge on any atom is 0.222 e. The van der Waals surface area contributed by atoms with E-state index in [0.29, 0.717) is 24.3 Å². The van der Waals surface area contributed by atoms with E-state index < -0.39 is 0 Å². The molecule has 1 aromatic heterocycles. The average Bonchev–Trinajstić information content (AvgIpc) is 3.33. The summed E-state index contributed by atoms with van der Waals surface area (Å²) in [6, 6.07) is 8.51. The Balaban J connectivity index is 1.30. The summed E-state index contributed by atoms with van der Waals surface area (Å²) in [6.07, 6.45) is 5.94. The second-order valence-corrected chi connectivity index (χ2v) is 11.4. The minimum absolute atomic E-state index is 0.149. The van der Waals surface area contributed by atoms with Crippen molar-refractivity contribution in [2.24, 2.45) is 16.7 Å². The smallest absolute Gasteiger partial charge is 0.222 e. The third kappa shape index (κ3) is 3.66. The maximum atomic E-state index is 13.1. The van der Waals surface area contributed by atoms with Crippen molar-refractivity contribution in [3.05, 3.63) is 30.1 Å². The van der Waals surface area contributed by atoms with Gasteiger partial charge in [0.1, 0.15) is 5.82 Å². The molecule has 2 aliphatic carbocycles. The van der Waals surface area contributed by atoms with Crippen LogP contribution in [0.5, 0.6) is 0 Å². The summed E-state index contributed by atoms with van der Waals surface area (Å²) in [7, 11) is 0. The van der Waals surface area contributed by atoms with Gasteiger partial charge in [-0.25, -0.2) is 4.98 Å². The molecule has 5 rings (SSSR count). The largest absolute Gasteiger partial charge is 0.353 e. The summed E-state index contributed by atoms with van der Waals surface area (Å²) < 4.78 is 2.26. The van der Waals surface area contributed by atoms with E-state index in [1.807, 2.05) is 17.0 Å². The van der Waals surface area contributed by atoms with Gasteiger partial charge in [-0.1, -0.05) is 32.9 Å². The SMILES string of the molecule is CC(=O)N1CCC(c2nc3ccccc3n2CCC(=O)N[C@H]2CC3CC[C@@]2(C)C3(C)C)CC1. The van der Waals surface area contributed by atoms with Crippen molar-refractivity contribution in [1.82, 2.24) is 19.8 Å². The Hall–Kier alpha value is -2.37. The molecule has 33 heavy (non-hydrogen) atoms.